The molecule has 2 heterocycles. The van der Waals surface area contributed by atoms with Crippen molar-refractivity contribution in [1.29, 1.82) is 0 Å². The van der Waals surface area contributed by atoms with Gasteiger partial charge in [0.25, 0.3) is 0 Å². The fourth-order valence-corrected chi connectivity index (χ4v) is 3.86. The first kappa shape index (κ1) is 17.7. The molecule has 0 aromatic heterocycles. The minimum atomic E-state index is -0.503. The molecule has 1 amide bonds. The zero-order valence-electron chi connectivity index (χ0n) is 13.8. The number of rotatable bonds is 5. The zero-order chi connectivity index (χ0) is 17.8. The second kappa shape index (κ2) is 7.83. The lowest BCUT2D eigenvalue weighted by molar-refractivity contribution is 0.122. The molecule has 136 valence electrons. The second-order valence-corrected chi connectivity index (χ2v) is 7.11. The molecule has 0 radical (unpaired) electrons. The van der Waals surface area contributed by atoms with Crippen LogP contribution in [-0.4, -0.2) is 54.9 Å². The molecule has 1 atom stereocenters. The first-order valence-electron chi connectivity index (χ1n) is 8.08. The molecule has 0 aliphatic carbocycles. The molecule has 7 nitrogen and oxygen atoms in total. The van der Waals surface area contributed by atoms with E-state index in [9.17, 15) is 9.18 Å². The number of hydrogen-bond acceptors (Lipinski definition) is 7. The molecule has 0 spiro atoms. The van der Waals surface area contributed by atoms with E-state index in [1.807, 2.05) is 16.7 Å². The summed E-state index contributed by atoms with van der Waals surface area (Å²) < 4.78 is 19.8. The van der Waals surface area contributed by atoms with E-state index in [4.69, 9.17) is 16.3 Å². The van der Waals surface area contributed by atoms with E-state index >= 15 is 0 Å². The molecular weight excluding hydrogens is 345 g/mol. The number of carbonyl (C=O) groups excluding carboxylic acids is 1. The Morgan fingerprint density at radius 1 is 1.40 bits per heavy atom. The van der Waals surface area contributed by atoms with Gasteiger partial charge in [0.15, 0.2) is 0 Å². The standard InChI is InChI=1S/C16H22FN5O2S/c17-14-9-12(1-2-15(14)20-5-7-25-8-6-20)22-11-13(24-16(22)23)10-21(19)4-3-18/h1-4,9,13H,5-8,10-11,18-19H2/b4-3-/t13-/m0/s1. The molecule has 2 saturated heterocycles. The molecular formula is C16H22FN5O2S. The molecule has 9 heteroatoms. The van der Waals surface area contributed by atoms with Crippen LogP contribution in [0, 0.1) is 5.82 Å². The molecule has 4 N–H and O–H groups in total. The van der Waals surface area contributed by atoms with E-state index < -0.39 is 12.2 Å². The van der Waals surface area contributed by atoms with Crippen LogP contribution in [0.25, 0.3) is 0 Å². The Morgan fingerprint density at radius 2 is 2.16 bits per heavy atom. The monoisotopic (exact) mass is 367 g/mol. The number of nitrogens with zero attached hydrogens (tertiary/aromatic N) is 3. The number of hydrazine groups is 1. The number of cyclic esters (lactones) is 1. The van der Waals surface area contributed by atoms with Crippen LogP contribution in [0.5, 0.6) is 0 Å². The lowest BCUT2D eigenvalue weighted by atomic mass is 10.2. The third-order valence-electron chi connectivity index (χ3n) is 4.16. The number of benzene rings is 1. The molecule has 1 aromatic rings. The average Bonchev–Trinajstić information content (AvgIpc) is 2.96. The number of halogens is 1. The maximum Gasteiger partial charge on any atom is 0.414 e. The molecule has 0 bridgehead atoms. The minimum Gasteiger partial charge on any atom is -0.442 e. The van der Waals surface area contributed by atoms with Crippen LogP contribution in [0.15, 0.2) is 30.6 Å². The quantitative estimate of drug-likeness (QED) is 0.599. The Hall–Kier alpha value is -2.13. The second-order valence-electron chi connectivity index (χ2n) is 5.89. The van der Waals surface area contributed by atoms with Crippen molar-refractivity contribution in [3.63, 3.8) is 0 Å². The molecule has 25 heavy (non-hydrogen) atoms. The van der Waals surface area contributed by atoms with E-state index in [0.717, 1.165) is 24.6 Å². The molecule has 2 fully saturated rings. The third-order valence-corrected chi connectivity index (χ3v) is 5.10. The van der Waals surface area contributed by atoms with Gasteiger partial charge >= 0.3 is 6.09 Å². The van der Waals surface area contributed by atoms with Crippen molar-refractivity contribution in [1.82, 2.24) is 5.01 Å². The van der Waals surface area contributed by atoms with Crippen LogP contribution >= 0.6 is 11.8 Å². The maximum atomic E-state index is 14.5. The summed E-state index contributed by atoms with van der Waals surface area (Å²) in [5, 5.41) is 1.35. The first-order chi connectivity index (χ1) is 12.1. The van der Waals surface area contributed by atoms with Crippen molar-refractivity contribution in [2.75, 3.05) is 47.5 Å². The summed E-state index contributed by atoms with van der Waals surface area (Å²) in [5.74, 6) is 7.37. The average molecular weight is 367 g/mol. The number of anilines is 2. The Bertz CT molecular complexity index is 653. The van der Waals surface area contributed by atoms with Crippen molar-refractivity contribution < 1.29 is 13.9 Å². The number of carbonyl (C=O) groups is 1. The Labute approximate surface area is 150 Å². The first-order valence-corrected chi connectivity index (χ1v) is 9.24. The summed E-state index contributed by atoms with van der Waals surface area (Å²) in [5.41, 5.74) is 6.34. The Kier molecular flexibility index (Phi) is 5.54. The summed E-state index contributed by atoms with van der Waals surface area (Å²) in [6.07, 6.45) is 1.89. The van der Waals surface area contributed by atoms with Gasteiger partial charge in [0.2, 0.25) is 0 Å². The molecule has 0 unspecified atom stereocenters. The molecule has 2 aliphatic heterocycles. The van der Waals surface area contributed by atoms with Crippen molar-refractivity contribution in [3.05, 3.63) is 36.4 Å². The van der Waals surface area contributed by atoms with Gasteiger partial charge in [-0.15, -0.1) is 0 Å². The van der Waals surface area contributed by atoms with E-state index in [2.05, 4.69) is 0 Å². The van der Waals surface area contributed by atoms with Gasteiger partial charge in [-0.05, 0) is 18.2 Å². The highest BCUT2D eigenvalue weighted by atomic mass is 32.2. The molecule has 2 aliphatic rings. The fraction of sp³-hybridized carbons (Fsp3) is 0.438. The van der Waals surface area contributed by atoms with Crippen molar-refractivity contribution in [2.24, 2.45) is 11.6 Å². The van der Waals surface area contributed by atoms with Crippen LogP contribution in [0.2, 0.25) is 0 Å². The van der Waals surface area contributed by atoms with Crippen LogP contribution in [-0.2, 0) is 4.74 Å². The molecule has 1 aromatic carbocycles. The van der Waals surface area contributed by atoms with Gasteiger partial charge in [-0.1, -0.05) is 0 Å². The predicted octanol–water partition coefficient (Wildman–Crippen LogP) is 1.31. The van der Waals surface area contributed by atoms with Gasteiger partial charge in [-0.3, -0.25) is 4.90 Å². The van der Waals surface area contributed by atoms with E-state index in [1.165, 1.54) is 28.4 Å². The Morgan fingerprint density at radius 3 is 2.84 bits per heavy atom. The van der Waals surface area contributed by atoms with Crippen molar-refractivity contribution in [3.8, 4) is 0 Å². The van der Waals surface area contributed by atoms with Gasteiger partial charge in [-0.2, -0.15) is 11.8 Å². The normalized spacial score (nSPS) is 21.0. The van der Waals surface area contributed by atoms with Crippen molar-refractivity contribution in [2.45, 2.75) is 6.10 Å². The number of amides is 1. The van der Waals surface area contributed by atoms with Gasteiger partial charge < -0.3 is 20.4 Å². The van der Waals surface area contributed by atoms with Crippen LogP contribution < -0.4 is 21.4 Å². The lowest BCUT2D eigenvalue weighted by Crippen LogP contribution is -2.36. The van der Waals surface area contributed by atoms with E-state index in [0.29, 0.717) is 24.5 Å². The van der Waals surface area contributed by atoms with E-state index in [-0.39, 0.29) is 5.82 Å². The lowest BCUT2D eigenvalue weighted by Gasteiger charge is -2.29. The smallest absolute Gasteiger partial charge is 0.414 e. The summed E-state index contributed by atoms with van der Waals surface area (Å²) in [4.78, 5) is 15.5. The van der Waals surface area contributed by atoms with Gasteiger partial charge in [0.1, 0.15) is 11.9 Å². The van der Waals surface area contributed by atoms with Crippen LogP contribution in [0.4, 0.5) is 20.6 Å². The van der Waals surface area contributed by atoms with Crippen molar-refractivity contribution >= 4 is 29.2 Å². The topological polar surface area (TPSA) is 88.1 Å². The van der Waals surface area contributed by atoms with Gasteiger partial charge in [0.05, 0.1) is 24.5 Å². The summed E-state index contributed by atoms with van der Waals surface area (Å²) in [6, 6.07) is 4.87. The number of hydrogen-bond donors (Lipinski definition) is 2. The number of ether oxygens (including phenoxy) is 1. The highest BCUT2D eigenvalue weighted by molar-refractivity contribution is 7.99. The molecule has 3 rings (SSSR count). The summed E-state index contributed by atoms with van der Waals surface area (Å²) in [6.45, 7) is 2.28. The largest absolute Gasteiger partial charge is 0.442 e. The number of thioether (sulfide) groups is 1. The third kappa shape index (κ3) is 4.10. The van der Waals surface area contributed by atoms with Crippen LogP contribution in [0.1, 0.15) is 0 Å². The zero-order valence-corrected chi connectivity index (χ0v) is 14.6. The predicted molar refractivity (Wildman–Crippen MR) is 97.8 cm³/mol. The highest BCUT2D eigenvalue weighted by Gasteiger charge is 2.33. The summed E-state index contributed by atoms with van der Waals surface area (Å²) >= 11 is 1.87. The minimum absolute atomic E-state index is 0.307. The fourth-order valence-electron chi connectivity index (χ4n) is 2.96. The van der Waals surface area contributed by atoms with Crippen LogP contribution in [0.3, 0.4) is 0 Å². The Balaban J connectivity index is 1.69. The van der Waals surface area contributed by atoms with E-state index in [1.54, 1.807) is 12.1 Å². The maximum absolute atomic E-state index is 14.5. The summed E-state index contributed by atoms with van der Waals surface area (Å²) in [7, 11) is 0. The highest BCUT2D eigenvalue weighted by Crippen LogP contribution is 2.29. The number of nitrogens with two attached hydrogens (primary N) is 2. The molecule has 0 saturated carbocycles. The van der Waals surface area contributed by atoms with Gasteiger partial charge in [0, 0.05) is 37.0 Å². The van der Waals surface area contributed by atoms with Gasteiger partial charge in [-0.25, -0.2) is 15.0 Å². The SMILES string of the molecule is N/C=C\N(N)C[C@H]1CN(c2ccc(N3CCSCC3)c(F)c2)C(=O)O1.